The van der Waals surface area contributed by atoms with Crippen LogP contribution in [-0.2, 0) is 27.1 Å². The first-order valence-electron chi connectivity index (χ1n) is 11.5. The largest absolute Gasteiger partial charge is 0.384 e. The van der Waals surface area contributed by atoms with Crippen LogP contribution in [0.15, 0.2) is 54.6 Å². The van der Waals surface area contributed by atoms with E-state index in [0.717, 1.165) is 16.8 Å². The Bertz CT molecular complexity index is 1000. The molecule has 1 atom stereocenters. The van der Waals surface area contributed by atoms with Crippen molar-refractivity contribution in [3.8, 4) is 0 Å². The number of amides is 1. The van der Waals surface area contributed by atoms with Crippen LogP contribution in [0.1, 0.15) is 31.9 Å². The van der Waals surface area contributed by atoms with Crippen LogP contribution < -0.4 is 4.90 Å². The van der Waals surface area contributed by atoms with Crippen LogP contribution in [0.25, 0.3) is 0 Å². The lowest BCUT2D eigenvalue weighted by atomic mass is 10.1. The summed E-state index contributed by atoms with van der Waals surface area (Å²) in [6.07, 6.45) is -0.970. The SMILES string of the molecule is CC(C)CN(Cc1ccc(N2CCN(C(=O)[C@H](C)O)CC2)cc1)S(=O)(=O)Cc1ccccc1. The molecule has 0 aliphatic carbocycles. The Morgan fingerprint density at radius 3 is 2.09 bits per heavy atom. The van der Waals surface area contributed by atoms with Crippen molar-refractivity contribution < 1.29 is 18.3 Å². The number of rotatable bonds is 9. The fourth-order valence-corrected chi connectivity index (χ4v) is 5.69. The highest BCUT2D eigenvalue weighted by molar-refractivity contribution is 7.88. The second kappa shape index (κ2) is 11.1. The van der Waals surface area contributed by atoms with Crippen LogP contribution in [0.4, 0.5) is 5.69 Å². The van der Waals surface area contributed by atoms with E-state index in [1.165, 1.54) is 6.92 Å². The molecule has 2 aromatic rings. The summed E-state index contributed by atoms with van der Waals surface area (Å²) in [7, 11) is -3.46. The molecule has 0 unspecified atom stereocenters. The summed E-state index contributed by atoms with van der Waals surface area (Å²) in [6.45, 7) is 8.89. The van der Waals surface area contributed by atoms with Crippen LogP contribution in [0.2, 0.25) is 0 Å². The lowest BCUT2D eigenvalue weighted by molar-refractivity contribution is -0.139. The number of anilines is 1. The van der Waals surface area contributed by atoms with Gasteiger partial charge in [-0.3, -0.25) is 4.79 Å². The quantitative estimate of drug-likeness (QED) is 0.606. The van der Waals surface area contributed by atoms with E-state index in [-0.39, 0.29) is 17.6 Å². The average Bonchev–Trinajstić information content (AvgIpc) is 2.79. The maximum Gasteiger partial charge on any atom is 0.251 e. The monoisotopic (exact) mass is 473 g/mol. The van der Waals surface area contributed by atoms with Crippen LogP contribution in [-0.4, -0.2) is 67.5 Å². The number of nitrogens with zero attached hydrogens (tertiary/aromatic N) is 3. The molecule has 1 aliphatic rings. The van der Waals surface area contributed by atoms with Gasteiger partial charge in [0.05, 0.1) is 5.75 Å². The van der Waals surface area contributed by atoms with E-state index in [9.17, 15) is 18.3 Å². The Morgan fingerprint density at radius 1 is 0.939 bits per heavy atom. The fourth-order valence-electron chi connectivity index (χ4n) is 4.02. The predicted molar refractivity (Wildman–Crippen MR) is 131 cm³/mol. The van der Waals surface area contributed by atoms with Gasteiger partial charge in [-0.25, -0.2) is 8.42 Å². The van der Waals surface area contributed by atoms with E-state index in [4.69, 9.17) is 0 Å². The maximum atomic E-state index is 13.2. The first-order chi connectivity index (χ1) is 15.7. The summed E-state index contributed by atoms with van der Waals surface area (Å²) >= 11 is 0. The zero-order valence-electron chi connectivity index (χ0n) is 19.7. The van der Waals surface area contributed by atoms with E-state index in [0.29, 0.717) is 39.3 Å². The van der Waals surface area contributed by atoms with Crippen LogP contribution in [0.5, 0.6) is 0 Å². The lowest BCUT2D eigenvalue weighted by Crippen LogP contribution is -2.51. The summed E-state index contributed by atoms with van der Waals surface area (Å²) in [5, 5.41) is 9.50. The van der Waals surface area contributed by atoms with Crippen LogP contribution in [0, 0.1) is 5.92 Å². The normalized spacial score (nSPS) is 15.8. The number of carbonyl (C=O) groups is 1. The van der Waals surface area contributed by atoms with Crippen molar-refractivity contribution in [3.63, 3.8) is 0 Å². The molecule has 0 saturated carbocycles. The second-order valence-electron chi connectivity index (χ2n) is 9.08. The average molecular weight is 474 g/mol. The highest BCUT2D eigenvalue weighted by Gasteiger charge is 2.25. The van der Waals surface area contributed by atoms with Crippen molar-refractivity contribution in [3.05, 3.63) is 65.7 Å². The van der Waals surface area contributed by atoms with Gasteiger partial charge in [0, 0.05) is 45.0 Å². The molecular formula is C25H35N3O4S. The summed E-state index contributed by atoms with van der Waals surface area (Å²) in [6, 6.07) is 17.3. The number of carbonyl (C=O) groups excluding carboxylic acids is 1. The Labute approximate surface area is 197 Å². The molecule has 1 heterocycles. The van der Waals surface area contributed by atoms with Crippen molar-refractivity contribution in [2.75, 3.05) is 37.6 Å². The van der Waals surface area contributed by atoms with Gasteiger partial charge in [0.1, 0.15) is 6.10 Å². The van der Waals surface area contributed by atoms with E-state index >= 15 is 0 Å². The molecule has 7 nitrogen and oxygen atoms in total. The Morgan fingerprint density at radius 2 is 1.55 bits per heavy atom. The fraction of sp³-hybridized carbons (Fsp3) is 0.480. The topological polar surface area (TPSA) is 81.2 Å². The zero-order valence-corrected chi connectivity index (χ0v) is 20.5. The summed E-state index contributed by atoms with van der Waals surface area (Å²) in [5.41, 5.74) is 2.78. The van der Waals surface area contributed by atoms with E-state index < -0.39 is 16.1 Å². The molecule has 3 rings (SSSR count). The first-order valence-corrected chi connectivity index (χ1v) is 13.1. The highest BCUT2D eigenvalue weighted by atomic mass is 32.2. The molecule has 1 saturated heterocycles. The van der Waals surface area contributed by atoms with Crippen molar-refractivity contribution in [1.29, 1.82) is 0 Å². The zero-order chi connectivity index (χ0) is 24.0. The standard InChI is InChI=1S/C25H35N3O4S/c1-20(2)17-28(33(31,32)19-23-7-5-4-6-8-23)18-22-9-11-24(12-10-22)26-13-15-27(16-14-26)25(30)21(3)29/h4-12,20-21,29H,13-19H2,1-3H3/t21-/m0/s1. The molecule has 1 fully saturated rings. The summed E-state index contributed by atoms with van der Waals surface area (Å²) in [4.78, 5) is 15.9. The minimum Gasteiger partial charge on any atom is -0.384 e. The minimum absolute atomic E-state index is 0.00585. The Kier molecular flexibility index (Phi) is 8.51. The summed E-state index contributed by atoms with van der Waals surface area (Å²) in [5.74, 6) is -0.0175. The molecule has 8 heteroatoms. The predicted octanol–water partition coefficient (Wildman–Crippen LogP) is 2.70. The third-order valence-corrected chi connectivity index (χ3v) is 7.53. The molecule has 1 aliphatic heterocycles. The third-order valence-electron chi connectivity index (χ3n) is 5.76. The second-order valence-corrected chi connectivity index (χ2v) is 11.1. The van der Waals surface area contributed by atoms with Gasteiger partial charge in [-0.05, 0) is 36.1 Å². The van der Waals surface area contributed by atoms with Gasteiger partial charge in [0.2, 0.25) is 10.0 Å². The molecular weight excluding hydrogens is 438 g/mol. The molecule has 0 spiro atoms. The van der Waals surface area contributed by atoms with Crippen molar-refractivity contribution in [2.24, 2.45) is 5.92 Å². The van der Waals surface area contributed by atoms with Gasteiger partial charge in [0.25, 0.3) is 5.91 Å². The molecule has 180 valence electrons. The van der Waals surface area contributed by atoms with Crippen molar-refractivity contribution in [2.45, 2.75) is 39.2 Å². The minimum atomic E-state index is -3.46. The lowest BCUT2D eigenvalue weighted by Gasteiger charge is -2.36. The number of hydrogen-bond acceptors (Lipinski definition) is 5. The Hall–Kier alpha value is -2.42. The van der Waals surface area contributed by atoms with Gasteiger partial charge in [-0.1, -0.05) is 56.3 Å². The molecule has 1 amide bonds. The van der Waals surface area contributed by atoms with Crippen LogP contribution >= 0.6 is 0 Å². The molecule has 0 radical (unpaired) electrons. The molecule has 33 heavy (non-hydrogen) atoms. The van der Waals surface area contributed by atoms with Crippen molar-refractivity contribution in [1.82, 2.24) is 9.21 Å². The van der Waals surface area contributed by atoms with Gasteiger partial charge in [-0.15, -0.1) is 0 Å². The number of sulfonamides is 1. The smallest absolute Gasteiger partial charge is 0.251 e. The van der Waals surface area contributed by atoms with Gasteiger partial charge in [-0.2, -0.15) is 4.31 Å². The highest BCUT2D eigenvalue weighted by Crippen LogP contribution is 2.21. The molecule has 2 aromatic carbocycles. The van der Waals surface area contributed by atoms with Gasteiger partial charge >= 0.3 is 0 Å². The van der Waals surface area contributed by atoms with Crippen molar-refractivity contribution >= 4 is 21.6 Å². The Balaban J connectivity index is 1.65. The molecule has 0 bridgehead atoms. The van der Waals surface area contributed by atoms with E-state index in [2.05, 4.69) is 4.90 Å². The van der Waals surface area contributed by atoms with E-state index in [1.807, 2.05) is 68.4 Å². The van der Waals surface area contributed by atoms with Crippen LogP contribution in [0.3, 0.4) is 0 Å². The van der Waals surface area contributed by atoms with Gasteiger partial charge < -0.3 is 14.9 Å². The number of aliphatic hydroxyl groups excluding tert-OH is 1. The summed E-state index contributed by atoms with van der Waals surface area (Å²) < 4.78 is 27.9. The van der Waals surface area contributed by atoms with E-state index in [1.54, 1.807) is 9.21 Å². The third kappa shape index (κ3) is 7.03. The first kappa shape index (κ1) is 25.2. The number of aliphatic hydroxyl groups is 1. The molecule has 0 aromatic heterocycles. The van der Waals surface area contributed by atoms with Gasteiger partial charge in [0.15, 0.2) is 0 Å². The number of piperazine rings is 1. The maximum absolute atomic E-state index is 13.2. The number of hydrogen-bond donors (Lipinski definition) is 1. The number of benzene rings is 2. The molecule has 1 N–H and O–H groups in total.